The molecule has 33 heavy (non-hydrogen) atoms. The smallest absolute Gasteiger partial charge is 0.251 e. The Balaban J connectivity index is 1.45. The highest BCUT2D eigenvalue weighted by atomic mass is 16.5. The van der Waals surface area contributed by atoms with Crippen LogP contribution in [0.2, 0.25) is 0 Å². The maximum absolute atomic E-state index is 12.8. The van der Waals surface area contributed by atoms with E-state index in [1.54, 1.807) is 24.3 Å². The average Bonchev–Trinajstić information content (AvgIpc) is 2.80. The van der Waals surface area contributed by atoms with Crippen molar-refractivity contribution >= 4 is 17.5 Å². The van der Waals surface area contributed by atoms with Crippen molar-refractivity contribution in [2.75, 3.05) is 11.9 Å². The van der Waals surface area contributed by atoms with Crippen molar-refractivity contribution in [1.82, 2.24) is 5.32 Å². The predicted molar refractivity (Wildman–Crippen MR) is 134 cm³/mol. The van der Waals surface area contributed by atoms with Gasteiger partial charge in [0.15, 0.2) is 0 Å². The first-order chi connectivity index (χ1) is 15.7. The van der Waals surface area contributed by atoms with Crippen molar-refractivity contribution in [2.24, 2.45) is 5.41 Å². The Morgan fingerprint density at radius 3 is 2.39 bits per heavy atom. The van der Waals surface area contributed by atoms with Gasteiger partial charge in [0.1, 0.15) is 5.75 Å². The molecule has 0 unspecified atom stereocenters. The number of ether oxygens (including phenoxy) is 1. The van der Waals surface area contributed by atoms with E-state index < -0.39 is 5.41 Å². The molecule has 2 aromatic carbocycles. The third-order valence-corrected chi connectivity index (χ3v) is 6.51. The second-order valence-electron chi connectivity index (χ2n) is 9.94. The van der Waals surface area contributed by atoms with Crippen molar-refractivity contribution in [3.63, 3.8) is 0 Å². The third-order valence-electron chi connectivity index (χ3n) is 6.51. The second kappa shape index (κ2) is 11.4. The number of hydrogen-bond acceptors (Lipinski definition) is 3. The molecule has 2 N–H and O–H groups in total. The Labute approximate surface area is 198 Å². The number of benzene rings is 2. The van der Waals surface area contributed by atoms with E-state index in [9.17, 15) is 9.59 Å². The average molecular weight is 451 g/mol. The summed E-state index contributed by atoms with van der Waals surface area (Å²) in [4.78, 5) is 25.3. The minimum absolute atomic E-state index is 0.0337. The molecule has 1 saturated carbocycles. The summed E-state index contributed by atoms with van der Waals surface area (Å²) in [5.74, 6) is 0.836. The lowest BCUT2D eigenvalue weighted by molar-refractivity contribution is -0.124. The van der Waals surface area contributed by atoms with Gasteiger partial charge in [0.25, 0.3) is 5.91 Å². The van der Waals surface area contributed by atoms with Gasteiger partial charge in [-0.1, -0.05) is 45.2 Å². The van der Waals surface area contributed by atoms with Crippen LogP contribution in [0.3, 0.4) is 0 Å². The molecule has 178 valence electrons. The summed E-state index contributed by atoms with van der Waals surface area (Å²) >= 11 is 0. The lowest BCUT2D eigenvalue weighted by Crippen LogP contribution is -2.36. The molecule has 2 aromatic rings. The van der Waals surface area contributed by atoms with Crippen LogP contribution in [-0.4, -0.2) is 24.5 Å². The molecule has 0 radical (unpaired) electrons. The minimum Gasteiger partial charge on any atom is -0.493 e. The SMILES string of the molecule is Cc1ccc(C)c(OCCCC(C)(C)C(=O)Nc2ccc(C(=O)NC3CCCCC3)cc2)c1. The van der Waals surface area contributed by atoms with E-state index in [-0.39, 0.29) is 17.9 Å². The first kappa shape index (κ1) is 24.8. The zero-order valence-electron chi connectivity index (χ0n) is 20.5. The van der Waals surface area contributed by atoms with Gasteiger partial charge in [-0.3, -0.25) is 9.59 Å². The molecule has 0 heterocycles. The molecule has 0 bridgehead atoms. The van der Waals surface area contributed by atoms with Crippen molar-refractivity contribution in [3.05, 3.63) is 59.2 Å². The molecule has 0 aliphatic heterocycles. The van der Waals surface area contributed by atoms with Crippen molar-refractivity contribution in [1.29, 1.82) is 0 Å². The minimum atomic E-state index is -0.526. The fourth-order valence-electron chi connectivity index (χ4n) is 4.19. The molecular weight excluding hydrogens is 412 g/mol. The van der Waals surface area contributed by atoms with Crippen LogP contribution >= 0.6 is 0 Å². The number of nitrogens with one attached hydrogen (secondary N) is 2. The van der Waals surface area contributed by atoms with Crippen molar-refractivity contribution in [2.45, 2.75) is 78.7 Å². The van der Waals surface area contributed by atoms with Gasteiger partial charge in [-0.2, -0.15) is 0 Å². The lowest BCUT2D eigenvalue weighted by Gasteiger charge is -2.24. The standard InChI is InChI=1S/C28H38N2O3/c1-20-11-12-21(2)25(19-20)33-18-8-17-28(3,4)27(32)30-24-15-13-22(14-16-24)26(31)29-23-9-6-5-7-10-23/h11-16,19,23H,5-10,17-18H2,1-4H3,(H,29,31)(H,30,32). The molecule has 3 rings (SSSR count). The summed E-state index contributed by atoms with van der Waals surface area (Å²) < 4.78 is 5.93. The quantitative estimate of drug-likeness (QED) is 0.448. The van der Waals surface area contributed by atoms with Crippen LogP contribution in [0.4, 0.5) is 5.69 Å². The summed E-state index contributed by atoms with van der Waals surface area (Å²) in [5, 5.41) is 6.12. The van der Waals surface area contributed by atoms with Gasteiger partial charge in [-0.25, -0.2) is 0 Å². The fraction of sp³-hybridized carbons (Fsp3) is 0.500. The molecule has 1 aliphatic carbocycles. The number of hydrogen-bond donors (Lipinski definition) is 2. The van der Waals surface area contributed by atoms with Gasteiger partial charge < -0.3 is 15.4 Å². The van der Waals surface area contributed by atoms with Crippen molar-refractivity contribution in [3.8, 4) is 5.75 Å². The Hall–Kier alpha value is -2.82. The zero-order valence-corrected chi connectivity index (χ0v) is 20.5. The zero-order chi connectivity index (χ0) is 23.8. The van der Waals surface area contributed by atoms with Gasteiger partial charge in [-0.15, -0.1) is 0 Å². The molecule has 0 atom stereocenters. The largest absolute Gasteiger partial charge is 0.493 e. The van der Waals surface area contributed by atoms with Crippen LogP contribution < -0.4 is 15.4 Å². The highest BCUT2D eigenvalue weighted by molar-refractivity contribution is 5.97. The molecule has 5 heteroatoms. The molecule has 5 nitrogen and oxygen atoms in total. The van der Waals surface area contributed by atoms with Crippen LogP contribution in [0.5, 0.6) is 5.75 Å². The number of anilines is 1. The first-order valence-corrected chi connectivity index (χ1v) is 12.2. The van der Waals surface area contributed by atoms with E-state index in [2.05, 4.69) is 29.7 Å². The lowest BCUT2D eigenvalue weighted by atomic mass is 9.87. The molecular formula is C28H38N2O3. The molecule has 2 amide bonds. The van der Waals surface area contributed by atoms with E-state index in [1.165, 1.54) is 24.8 Å². The normalized spacial score (nSPS) is 14.5. The van der Waals surface area contributed by atoms with Crippen LogP contribution in [-0.2, 0) is 4.79 Å². The number of amides is 2. The van der Waals surface area contributed by atoms with Gasteiger partial charge in [0, 0.05) is 22.7 Å². The summed E-state index contributed by atoms with van der Waals surface area (Å²) in [5.41, 5.74) is 3.10. The topological polar surface area (TPSA) is 67.4 Å². The van der Waals surface area contributed by atoms with Gasteiger partial charge >= 0.3 is 0 Å². The Bertz CT molecular complexity index is 944. The van der Waals surface area contributed by atoms with Crippen LogP contribution in [0.15, 0.2) is 42.5 Å². The van der Waals surface area contributed by atoms with Gasteiger partial charge in [0.2, 0.25) is 5.91 Å². The number of rotatable bonds is 9. The molecule has 0 aromatic heterocycles. The molecule has 0 saturated heterocycles. The van der Waals surface area contributed by atoms with Gasteiger partial charge in [0.05, 0.1) is 6.61 Å². The van der Waals surface area contributed by atoms with E-state index in [4.69, 9.17) is 4.74 Å². The highest BCUT2D eigenvalue weighted by Gasteiger charge is 2.27. The van der Waals surface area contributed by atoms with E-state index in [0.29, 0.717) is 24.3 Å². The van der Waals surface area contributed by atoms with Crippen LogP contribution in [0.1, 0.15) is 80.3 Å². The molecule has 1 fully saturated rings. The van der Waals surface area contributed by atoms with Crippen LogP contribution in [0.25, 0.3) is 0 Å². The first-order valence-electron chi connectivity index (χ1n) is 12.2. The van der Waals surface area contributed by atoms with Crippen molar-refractivity contribution < 1.29 is 14.3 Å². The second-order valence-corrected chi connectivity index (χ2v) is 9.94. The maximum Gasteiger partial charge on any atom is 0.251 e. The summed E-state index contributed by atoms with van der Waals surface area (Å²) in [7, 11) is 0. The Kier molecular flexibility index (Phi) is 8.54. The Morgan fingerprint density at radius 1 is 1.00 bits per heavy atom. The highest BCUT2D eigenvalue weighted by Crippen LogP contribution is 2.26. The summed E-state index contributed by atoms with van der Waals surface area (Å²) in [6.07, 6.45) is 7.25. The summed E-state index contributed by atoms with van der Waals surface area (Å²) in [6, 6.07) is 13.6. The Morgan fingerprint density at radius 2 is 1.70 bits per heavy atom. The van der Waals surface area contributed by atoms with Crippen LogP contribution in [0, 0.1) is 19.3 Å². The molecule has 0 spiro atoms. The number of carbonyl (C=O) groups excluding carboxylic acids is 2. The third kappa shape index (κ3) is 7.34. The number of aryl methyl sites for hydroxylation is 2. The molecule has 1 aliphatic rings. The fourth-order valence-corrected chi connectivity index (χ4v) is 4.19. The predicted octanol–water partition coefficient (Wildman–Crippen LogP) is 6.19. The maximum atomic E-state index is 12.8. The number of carbonyl (C=O) groups is 2. The summed E-state index contributed by atoms with van der Waals surface area (Å²) in [6.45, 7) is 8.57. The van der Waals surface area contributed by atoms with E-state index >= 15 is 0 Å². The van der Waals surface area contributed by atoms with Gasteiger partial charge in [-0.05, 0) is 81.0 Å². The monoisotopic (exact) mass is 450 g/mol. The van der Waals surface area contributed by atoms with E-state index in [0.717, 1.165) is 30.6 Å². The van der Waals surface area contributed by atoms with E-state index in [1.807, 2.05) is 26.8 Å².